The third kappa shape index (κ3) is 2.11. The molecule has 0 bridgehead atoms. The summed E-state index contributed by atoms with van der Waals surface area (Å²) in [5.41, 5.74) is 1.42. The number of nitriles is 1. The monoisotopic (exact) mass is 199 g/mol. The lowest BCUT2D eigenvalue weighted by Crippen LogP contribution is -2.02. The normalized spacial score (nSPS) is 9.53. The van der Waals surface area contributed by atoms with E-state index in [4.69, 9.17) is 5.26 Å². The van der Waals surface area contributed by atoms with Crippen molar-refractivity contribution in [2.75, 3.05) is 5.32 Å². The van der Waals surface area contributed by atoms with E-state index >= 15 is 0 Å². The predicted molar refractivity (Wildman–Crippen MR) is 54.9 cm³/mol. The van der Waals surface area contributed by atoms with Gasteiger partial charge in [-0.1, -0.05) is 12.1 Å². The van der Waals surface area contributed by atoms with Gasteiger partial charge in [0.25, 0.3) is 0 Å². The topological polar surface area (TPSA) is 77.4 Å². The molecule has 0 spiro atoms. The van der Waals surface area contributed by atoms with Crippen molar-refractivity contribution in [1.29, 1.82) is 5.26 Å². The molecule has 1 aromatic heterocycles. The van der Waals surface area contributed by atoms with Gasteiger partial charge in [0.1, 0.15) is 18.2 Å². The standard InChI is InChI=1S/C10H9N5/c11-5-8-3-1-2-4-9(8)12-6-10-13-7-14-15-10/h1-4,7,12H,6H2,(H,13,14,15). The van der Waals surface area contributed by atoms with Crippen molar-refractivity contribution in [3.05, 3.63) is 42.0 Å². The van der Waals surface area contributed by atoms with E-state index in [0.29, 0.717) is 12.1 Å². The Labute approximate surface area is 86.8 Å². The average Bonchev–Trinajstić information content (AvgIpc) is 2.79. The summed E-state index contributed by atoms with van der Waals surface area (Å²) in [6.07, 6.45) is 1.45. The van der Waals surface area contributed by atoms with Crippen LogP contribution in [-0.2, 0) is 6.54 Å². The van der Waals surface area contributed by atoms with Gasteiger partial charge in [-0.25, -0.2) is 4.98 Å². The summed E-state index contributed by atoms with van der Waals surface area (Å²) < 4.78 is 0. The fourth-order valence-electron chi connectivity index (χ4n) is 1.23. The number of hydrogen-bond acceptors (Lipinski definition) is 4. The second-order valence-corrected chi connectivity index (χ2v) is 2.94. The van der Waals surface area contributed by atoms with Crippen molar-refractivity contribution in [2.45, 2.75) is 6.54 Å². The van der Waals surface area contributed by atoms with Gasteiger partial charge in [-0.2, -0.15) is 10.4 Å². The molecule has 0 saturated carbocycles. The lowest BCUT2D eigenvalue weighted by atomic mass is 10.2. The van der Waals surface area contributed by atoms with Crippen LogP contribution >= 0.6 is 0 Å². The van der Waals surface area contributed by atoms with Gasteiger partial charge in [0.05, 0.1) is 17.8 Å². The summed E-state index contributed by atoms with van der Waals surface area (Å²) in [5, 5.41) is 18.4. The van der Waals surface area contributed by atoms with Crippen LogP contribution in [-0.4, -0.2) is 15.2 Å². The largest absolute Gasteiger partial charge is 0.377 e. The molecule has 0 radical (unpaired) electrons. The van der Waals surface area contributed by atoms with Gasteiger partial charge in [-0.15, -0.1) is 0 Å². The molecule has 2 N–H and O–H groups in total. The Morgan fingerprint density at radius 1 is 1.40 bits per heavy atom. The fourth-order valence-corrected chi connectivity index (χ4v) is 1.23. The van der Waals surface area contributed by atoms with Crippen LogP contribution in [0.2, 0.25) is 0 Å². The summed E-state index contributed by atoms with van der Waals surface area (Å²) in [6, 6.07) is 9.45. The van der Waals surface area contributed by atoms with E-state index in [1.54, 1.807) is 6.07 Å². The molecule has 74 valence electrons. The molecule has 0 aliphatic rings. The summed E-state index contributed by atoms with van der Waals surface area (Å²) in [5.74, 6) is 0.739. The highest BCUT2D eigenvalue weighted by Crippen LogP contribution is 2.13. The molecule has 1 aromatic carbocycles. The minimum atomic E-state index is 0.526. The highest BCUT2D eigenvalue weighted by molar-refractivity contribution is 5.56. The highest BCUT2D eigenvalue weighted by Gasteiger charge is 2.00. The molecular weight excluding hydrogens is 190 g/mol. The minimum Gasteiger partial charge on any atom is -0.377 e. The van der Waals surface area contributed by atoms with E-state index in [9.17, 15) is 0 Å². The Bertz CT molecular complexity index is 469. The van der Waals surface area contributed by atoms with E-state index in [2.05, 4.69) is 26.6 Å². The minimum absolute atomic E-state index is 0.526. The molecule has 2 aromatic rings. The van der Waals surface area contributed by atoms with Crippen molar-refractivity contribution in [3.63, 3.8) is 0 Å². The number of H-pyrrole nitrogens is 1. The Kier molecular flexibility index (Phi) is 2.61. The van der Waals surface area contributed by atoms with Crippen molar-refractivity contribution >= 4 is 5.69 Å². The number of anilines is 1. The second-order valence-electron chi connectivity index (χ2n) is 2.94. The Morgan fingerprint density at radius 2 is 2.27 bits per heavy atom. The maximum Gasteiger partial charge on any atom is 0.143 e. The quantitative estimate of drug-likeness (QED) is 0.780. The molecule has 5 heteroatoms. The third-order valence-corrected chi connectivity index (χ3v) is 1.96. The predicted octanol–water partition coefficient (Wildman–Crippen LogP) is 1.29. The lowest BCUT2D eigenvalue weighted by Gasteiger charge is -2.05. The molecule has 15 heavy (non-hydrogen) atoms. The summed E-state index contributed by atoms with van der Waals surface area (Å²) in [4.78, 5) is 3.97. The molecule has 2 rings (SSSR count). The van der Waals surface area contributed by atoms with E-state index in [-0.39, 0.29) is 0 Å². The maximum absolute atomic E-state index is 8.85. The van der Waals surface area contributed by atoms with Gasteiger partial charge >= 0.3 is 0 Å². The molecule has 0 fully saturated rings. The van der Waals surface area contributed by atoms with Crippen LogP contribution in [0.5, 0.6) is 0 Å². The molecule has 1 heterocycles. The summed E-state index contributed by atoms with van der Waals surface area (Å²) in [6.45, 7) is 0.526. The van der Waals surface area contributed by atoms with Crippen molar-refractivity contribution in [3.8, 4) is 6.07 Å². The van der Waals surface area contributed by atoms with Crippen LogP contribution < -0.4 is 5.32 Å². The van der Waals surface area contributed by atoms with E-state index in [0.717, 1.165) is 11.5 Å². The van der Waals surface area contributed by atoms with Crippen molar-refractivity contribution in [1.82, 2.24) is 15.2 Å². The van der Waals surface area contributed by atoms with E-state index in [1.807, 2.05) is 18.2 Å². The summed E-state index contributed by atoms with van der Waals surface area (Å²) in [7, 11) is 0. The van der Waals surface area contributed by atoms with Crippen molar-refractivity contribution < 1.29 is 0 Å². The van der Waals surface area contributed by atoms with Gasteiger partial charge in [0, 0.05) is 0 Å². The first-order chi connectivity index (χ1) is 7.40. The number of aromatic nitrogens is 3. The fraction of sp³-hybridized carbons (Fsp3) is 0.100. The van der Waals surface area contributed by atoms with Gasteiger partial charge in [-0.05, 0) is 12.1 Å². The zero-order valence-electron chi connectivity index (χ0n) is 7.94. The number of nitrogens with one attached hydrogen (secondary N) is 2. The number of hydrogen-bond donors (Lipinski definition) is 2. The van der Waals surface area contributed by atoms with Crippen LogP contribution in [0.15, 0.2) is 30.6 Å². The molecule has 0 atom stereocenters. The zero-order valence-corrected chi connectivity index (χ0v) is 7.94. The van der Waals surface area contributed by atoms with E-state index in [1.165, 1.54) is 6.33 Å². The van der Waals surface area contributed by atoms with Crippen LogP contribution in [0.3, 0.4) is 0 Å². The lowest BCUT2D eigenvalue weighted by molar-refractivity contribution is 0.954. The third-order valence-electron chi connectivity index (χ3n) is 1.96. The SMILES string of the molecule is N#Cc1ccccc1NCc1ncn[nH]1. The van der Waals surface area contributed by atoms with Crippen LogP contribution in [0, 0.1) is 11.3 Å². The van der Waals surface area contributed by atoms with Gasteiger partial charge < -0.3 is 5.32 Å². The van der Waals surface area contributed by atoms with Crippen molar-refractivity contribution in [2.24, 2.45) is 0 Å². The first kappa shape index (κ1) is 9.21. The molecular formula is C10H9N5. The van der Waals surface area contributed by atoms with E-state index < -0.39 is 0 Å². The summed E-state index contributed by atoms with van der Waals surface area (Å²) >= 11 is 0. The van der Waals surface area contributed by atoms with Gasteiger partial charge in [-0.3, -0.25) is 5.10 Å². The van der Waals surface area contributed by atoms with Crippen LogP contribution in [0.4, 0.5) is 5.69 Å². The molecule has 0 saturated heterocycles. The number of aromatic amines is 1. The van der Waals surface area contributed by atoms with Gasteiger partial charge in [0.15, 0.2) is 0 Å². The smallest absolute Gasteiger partial charge is 0.143 e. The number of para-hydroxylation sites is 1. The highest BCUT2D eigenvalue weighted by atomic mass is 15.2. The number of benzene rings is 1. The van der Waals surface area contributed by atoms with Gasteiger partial charge in [0.2, 0.25) is 0 Å². The molecule has 0 unspecified atom stereocenters. The molecule has 0 aliphatic heterocycles. The van der Waals surface area contributed by atoms with Crippen LogP contribution in [0.25, 0.3) is 0 Å². The number of nitrogens with zero attached hydrogens (tertiary/aromatic N) is 3. The first-order valence-corrected chi connectivity index (χ1v) is 4.47. The molecule has 0 amide bonds. The zero-order chi connectivity index (χ0) is 10.5. The molecule has 0 aliphatic carbocycles. The Morgan fingerprint density at radius 3 is 3.00 bits per heavy atom. The van der Waals surface area contributed by atoms with Crippen LogP contribution in [0.1, 0.15) is 11.4 Å². The second kappa shape index (κ2) is 4.24. The molecule has 5 nitrogen and oxygen atoms in total. The first-order valence-electron chi connectivity index (χ1n) is 4.47. The Hall–Kier alpha value is -2.35. The number of rotatable bonds is 3. The maximum atomic E-state index is 8.85. The average molecular weight is 199 g/mol. The Balaban J connectivity index is 2.08.